The average molecular weight is 546 g/mol. The monoisotopic (exact) mass is 545 g/mol. The van der Waals surface area contributed by atoms with E-state index < -0.39 is 17.5 Å². The Morgan fingerprint density at radius 2 is 1.44 bits per heavy atom. The van der Waals surface area contributed by atoms with Crippen LogP contribution in [0.25, 0.3) is 0 Å². The van der Waals surface area contributed by atoms with Crippen LogP contribution in [0.2, 0.25) is 5.02 Å². The number of hydrogen-bond acceptors (Lipinski definition) is 4. The summed E-state index contributed by atoms with van der Waals surface area (Å²) in [7, 11) is 1.53. The Labute approximate surface area is 228 Å². The second-order valence-corrected chi connectivity index (χ2v) is 9.49. The van der Waals surface area contributed by atoms with Crippen LogP contribution >= 0.6 is 11.6 Å². The van der Waals surface area contributed by atoms with Crippen LogP contribution in [-0.4, -0.2) is 24.6 Å². The third kappa shape index (κ3) is 5.37. The van der Waals surface area contributed by atoms with Crippen LogP contribution in [0.5, 0.6) is 0 Å². The summed E-state index contributed by atoms with van der Waals surface area (Å²) in [5.74, 6) is -2.83. The summed E-state index contributed by atoms with van der Waals surface area (Å²) in [6, 6.07) is 18.0. The van der Waals surface area contributed by atoms with Crippen LogP contribution in [0.1, 0.15) is 47.8 Å². The topological polar surface area (TPSA) is 87.3 Å². The molecule has 0 atom stereocenters. The first-order valence-corrected chi connectivity index (χ1v) is 12.5. The molecule has 0 unspecified atom stereocenters. The van der Waals surface area contributed by atoms with Crippen LogP contribution in [0.4, 0.5) is 25.8 Å². The number of nitrogens with one attached hydrogen (secondary N) is 3. The van der Waals surface area contributed by atoms with Crippen LogP contribution < -0.4 is 16.0 Å². The van der Waals surface area contributed by atoms with Gasteiger partial charge in [0.1, 0.15) is 11.6 Å². The number of amides is 2. The fourth-order valence-corrected chi connectivity index (χ4v) is 4.62. The number of halogens is 3. The molecule has 39 heavy (non-hydrogen) atoms. The van der Waals surface area contributed by atoms with Gasteiger partial charge in [0, 0.05) is 46.1 Å². The summed E-state index contributed by atoms with van der Waals surface area (Å²) in [6.07, 6.45) is 1.13. The summed E-state index contributed by atoms with van der Waals surface area (Å²) in [4.78, 5) is 37.9. The van der Waals surface area contributed by atoms with Crippen molar-refractivity contribution in [2.75, 3.05) is 17.7 Å². The molecule has 0 bridgehead atoms. The summed E-state index contributed by atoms with van der Waals surface area (Å²) >= 11 is 5.85. The molecule has 0 aliphatic heterocycles. The first-order valence-electron chi connectivity index (χ1n) is 12.1. The van der Waals surface area contributed by atoms with Gasteiger partial charge in [-0.3, -0.25) is 14.4 Å². The highest BCUT2D eigenvalue weighted by Crippen LogP contribution is 2.31. The van der Waals surface area contributed by atoms with Gasteiger partial charge in [0.2, 0.25) is 0 Å². The zero-order valence-corrected chi connectivity index (χ0v) is 21.5. The predicted molar refractivity (Wildman–Crippen MR) is 146 cm³/mol. The standard InChI is InChI=1S/C30H22ClF2N3O3/c1-34-29(38)19-5-3-16-2-4-18-12-21(10-11-22(18)28(37)23(16)13-19)35-26-15-27(25(33)14-24(26)32)36-30(39)17-6-8-20(31)9-7-17/h3,5-15,35H,2,4H2,1H3,(H,34,38)(H,36,39). The normalized spacial score (nSPS) is 12.2. The lowest BCUT2D eigenvalue weighted by Crippen LogP contribution is -2.18. The second kappa shape index (κ2) is 10.7. The summed E-state index contributed by atoms with van der Waals surface area (Å²) < 4.78 is 29.2. The van der Waals surface area contributed by atoms with E-state index >= 15 is 0 Å². The van der Waals surface area contributed by atoms with Gasteiger partial charge in [-0.1, -0.05) is 17.7 Å². The highest BCUT2D eigenvalue weighted by atomic mass is 35.5. The molecular weight excluding hydrogens is 524 g/mol. The molecule has 1 aliphatic rings. The maximum Gasteiger partial charge on any atom is 0.255 e. The smallest absolute Gasteiger partial charge is 0.255 e. The highest BCUT2D eigenvalue weighted by Gasteiger charge is 2.23. The Bertz CT molecular complexity index is 1640. The number of carbonyl (C=O) groups excluding carboxylic acids is 3. The van der Waals surface area contributed by atoms with Gasteiger partial charge in [0.15, 0.2) is 5.78 Å². The third-order valence-corrected chi connectivity index (χ3v) is 6.80. The summed E-state index contributed by atoms with van der Waals surface area (Å²) in [5.41, 5.74) is 3.44. The molecule has 5 rings (SSSR count). The lowest BCUT2D eigenvalue weighted by atomic mass is 9.96. The molecule has 0 saturated heterocycles. The zero-order chi connectivity index (χ0) is 27.7. The minimum Gasteiger partial charge on any atom is -0.355 e. The minimum absolute atomic E-state index is 0.0544. The van der Waals surface area contributed by atoms with E-state index in [9.17, 15) is 23.2 Å². The average Bonchev–Trinajstić information content (AvgIpc) is 3.07. The number of anilines is 3. The van der Waals surface area contributed by atoms with Gasteiger partial charge in [-0.05, 0) is 84.6 Å². The molecule has 196 valence electrons. The highest BCUT2D eigenvalue weighted by molar-refractivity contribution is 6.30. The van der Waals surface area contributed by atoms with Crippen molar-refractivity contribution in [2.24, 2.45) is 0 Å². The molecule has 0 spiro atoms. The quantitative estimate of drug-likeness (QED) is 0.274. The molecule has 4 aromatic carbocycles. The van der Waals surface area contributed by atoms with E-state index in [1.165, 1.54) is 37.4 Å². The van der Waals surface area contributed by atoms with Gasteiger partial charge in [-0.25, -0.2) is 8.78 Å². The minimum atomic E-state index is -0.929. The maximum absolute atomic E-state index is 14.7. The van der Waals surface area contributed by atoms with Gasteiger partial charge in [0.25, 0.3) is 11.8 Å². The molecule has 0 radical (unpaired) electrons. The third-order valence-electron chi connectivity index (χ3n) is 6.55. The van der Waals surface area contributed by atoms with E-state index in [2.05, 4.69) is 16.0 Å². The van der Waals surface area contributed by atoms with E-state index in [1.54, 1.807) is 36.4 Å². The first-order chi connectivity index (χ1) is 18.7. The van der Waals surface area contributed by atoms with Crippen molar-refractivity contribution in [3.05, 3.63) is 123 Å². The molecule has 0 fully saturated rings. The number of benzene rings is 4. The van der Waals surface area contributed by atoms with Crippen molar-refractivity contribution in [1.29, 1.82) is 0 Å². The number of rotatable bonds is 5. The number of hydrogen-bond donors (Lipinski definition) is 3. The van der Waals surface area contributed by atoms with E-state index in [0.29, 0.717) is 46.3 Å². The molecule has 9 heteroatoms. The van der Waals surface area contributed by atoms with Crippen LogP contribution in [0.15, 0.2) is 72.8 Å². The van der Waals surface area contributed by atoms with Gasteiger partial charge in [-0.2, -0.15) is 0 Å². The zero-order valence-electron chi connectivity index (χ0n) is 20.7. The molecule has 0 heterocycles. The maximum atomic E-state index is 14.7. The van der Waals surface area contributed by atoms with Crippen molar-refractivity contribution in [2.45, 2.75) is 12.8 Å². The van der Waals surface area contributed by atoms with Crippen molar-refractivity contribution >= 4 is 46.3 Å². The number of carbonyl (C=O) groups is 3. The molecule has 4 aromatic rings. The van der Waals surface area contributed by atoms with E-state index in [-0.39, 0.29) is 28.6 Å². The Morgan fingerprint density at radius 3 is 2.18 bits per heavy atom. The molecule has 0 aromatic heterocycles. The fraction of sp³-hybridized carbons (Fsp3) is 0.100. The SMILES string of the molecule is CNC(=O)c1ccc2c(c1)C(=O)c1ccc(Nc3cc(NC(=O)c4ccc(Cl)cc4)c(F)cc3F)cc1CC2. The molecular formula is C30H22ClF2N3O3. The van der Waals surface area contributed by atoms with Gasteiger partial charge < -0.3 is 16.0 Å². The Balaban J connectivity index is 1.40. The Kier molecular flexibility index (Phi) is 7.13. The summed E-state index contributed by atoms with van der Waals surface area (Å²) in [5, 5.41) is 8.39. The molecule has 3 N–H and O–H groups in total. The Morgan fingerprint density at radius 1 is 0.744 bits per heavy atom. The number of fused-ring (bicyclic) bond motifs is 2. The van der Waals surface area contributed by atoms with Crippen molar-refractivity contribution in [3.8, 4) is 0 Å². The van der Waals surface area contributed by atoms with E-state index in [4.69, 9.17) is 11.6 Å². The van der Waals surface area contributed by atoms with Crippen LogP contribution in [0, 0.1) is 11.6 Å². The molecule has 1 aliphatic carbocycles. The lowest BCUT2D eigenvalue weighted by molar-refractivity contribution is 0.0962. The van der Waals surface area contributed by atoms with E-state index in [1.807, 2.05) is 0 Å². The second-order valence-electron chi connectivity index (χ2n) is 9.05. The lowest BCUT2D eigenvalue weighted by Gasteiger charge is -2.14. The van der Waals surface area contributed by atoms with Crippen molar-refractivity contribution in [3.63, 3.8) is 0 Å². The molecule has 0 saturated carbocycles. The van der Waals surface area contributed by atoms with Crippen LogP contribution in [0.3, 0.4) is 0 Å². The molecule has 2 amide bonds. The summed E-state index contributed by atoms with van der Waals surface area (Å²) in [6.45, 7) is 0. The van der Waals surface area contributed by atoms with E-state index in [0.717, 1.165) is 11.1 Å². The van der Waals surface area contributed by atoms with Gasteiger partial charge in [0.05, 0.1) is 11.4 Å². The van der Waals surface area contributed by atoms with Crippen molar-refractivity contribution < 1.29 is 23.2 Å². The van der Waals surface area contributed by atoms with Gasteiger partial charge >= 0.3 is 0 Å². The van der Waals surface area contributed by atoms with Crippen molar-refractivity contribution in [1.82, 2.24) is 5.32 Å². The van der Waals surface area contributed by atoms with Gasteiger partial charge in [-0.15, -0.1) is 0 Å². The number of aryl methyl sites for hydroxylation is 2. The predicted octanol–water partition coefficient (Wildman–Crippen LogP) is 6.30. The fourth-order valence-electron chi connectivity index (χ4n) is 4.50. The largest absolute Gasteiger partial charge is 0.355 e. The molecule has 6 nitrogen and oxygen atoms in total. The number of ketones is 1. The van der Waals surface area contributed by atoms with Crippen LogP contribution in [-0.2, 0) is 12.8 Å². The first kappa shape index (κ1) is 26.1. The Hall–Kier alpha value is -4.56.